The molecule has 0 aromatic carbocycles. The maximum atomic E-state index is 12.7. The molecule has 0 aromatic heterocycles. The molecule has 2 unspecified atom stereocenters. The van der Waals surface area contributed by atoms with E-state index in [9.17, 15) is 14.4 Å². The fourth-order valence-corrected chi connectivity index (χ4v) is 7.39. The quantitative estimate of drug-likeness (QED) is 0.0347. The summed E-state index contributed by atoms with van der Waals surface area (Å²) in [5.41, 5.74) is 0. The normalized spacial score (nSPS) is 13.0. The van der Waals surface area contributed by atoms with Crippen molar-refractivity contribution in [1.82, 2.24) is 0 Å². The van der Waals surface area contributed by atoms with Crippen molar-refractivity contribution in [3.8, 4) is 0 Å². The van der Waals surface area contributed by atoms with Crippen molar-refractivity contribution in [1.29, 1.82) is 0 Å². The van der Waals surface area contributed by atoms with Crippen LogP contribution in [0, 0.1) is 11.8 Å². The first-order chi connectivity index (χ1) is 27.3. The second kappa shape index (κ2) is 43.0. The Balaban J connectivity index is 4.29. The summed E-state index contributed by atoms with van der Waals surface area (Å²) in [5, 5.41) is 0. The second-order valence-corrected chi connectivity index (χ2v) is 17.6. The molecule has 0 amide bonds. The summed E-state index contributed by atoms with van der Waals surface area (Å²) >= 11 is 0. The molecule has 0 saturated carbocycles. The maximum absolute atomic E-state index is 12.7. The summed E-state index contributed by atoms with van der Waals surface area (Å²) in [7, 11) is 0. The minimum atomic E-state index is -0.762. The molecule has 0 radical (unpaired) electrons. The molecule has 0 aliphatic carbocycles. The molecule has 6 nitrogen and oxygen atoms in total. The molecule has 56 heavy (non-hydrogen) atoms. The van der Waals surface area contributed by atoms with Crippen molar-refractivity contribution >= 4 is 17.9 Å². The number of carbonyl (C=O) groups is 3. The minimum absolute atomic E-state index is 0.0652. The lowest BCUT2D eigenvalue weighted by Crippen LogP contribution is -2.30. The highest BCUT2D eigenvalue weighted by Crippen LogP contribution is 2.18. The van der Waals surface area contributed by atoms with E-state index in [4.69, 9.17) is 14.2 Å². The Hall–Kier alpha value is -1.59. The lowest BCUT2D eigenvalue weighted by molar-refractivity contribution is -0.167. The molecule has 0 bridgehead atoms. The minimum Gasteiger partial charge on any atom is -0.462 e. The van der Waals surface area contributed by atoms with Gasteiger partial charge in [-0.25, -0.2) is 0 Å². The van der Waals surface area contributed by atoms with Crippen LogP contribution in [0.3, 0.4) is 0 Å². The van der Waals surface area contributed by atoms with Crippen molar-refractivity contribution in [2.75, 3.05) is 13.2 Å². The molecule has 0 N–H and O–H groups in total. The number of ether oxygens (including phenoxy) is 3. The predicted octanol–water partition coefficient (Wildman–Crippen LogP) is 15.8. The van der Waals surface area contributed by atoms with Crippen molar-refractivity contribution in [2.24, 2.45) is 11.8 Å². The smallest absolute Gasteiger partial charge is 0.306 e. The van der Waals surface area contributed by atoms with Crippen molar-refractivity contribution in [2.45, 2.75) is 278 Å². The first kappa shape index (κ1) is 54.4. The fourth-order valence-electron chi connectivity index (χ4n) is 7.39. The first-order valence-corrected chi connectivity index (χ1v) is 24.8. The molecule has 0 aliphatic heterocycles. The third-order valence-corrected chi connectivity index (χ3v) is 11.9. The number of carbonyl (C=O) groups excluding carboxylic acids is 3. The molecule has 332 valence electrons. The molecule has 0 heterocycles. The van der Waals surface area contributed by atoms with E-state index in [-0.39, 0.29) is 31.1 Å². The Labute approximate surface area is 348 Å². The summed E-state index contributed by atoms with van der Waals surface area (Å²) < 4.78 is 16.8. The average Bonchev–Trinajstić information content (AvgIpc) is 3.19. The van der Waals surface area contributed by atoms with Gasteiger partial charge < -0.3 is 14.2 Å². The van der Waals surface area contributed by atoms with Crippen LogP contribution in [0.15, 0.2) is 0 Å². The topological polar surface area (TPSA) is 78.9 Å². The summed E-state index contributed by atoms with van der Waals surface area (Å²) in [4.78, 5) is 37.8. The van der Waals surface area contributed by atoms with E-state index < -0.39 is 6.10 Å². The Morgan fingerprint density at radius 3 is 0.929 bits per heavy atom. The number of hydrogen-bond acceptors (Lipinski definition) is 6. The van der Waals surface area contributed by atoms with Crippen LogP contribution in [0.1, 0.15) is 272 Å². The average molecular weight is 793 g/mol. The van der Waals surface area contributed by atoms with Gasteiger partial charge in [-0.15, -0.1) is 0 Å². The third-order valence-electron chi connectivity index (χ3n) is 11.9. The Bertz CT molecular complexity index is 858. The van der Waals surface area contributed by atoms with Crippen LogP contribution in [-0.2, 0) is 28.6 Å². The van der Waals surface area contributed by atoms with Gasteiger partial charge in [0.15, 0.2) is 6.10 Å². The van der Waals surface area contributed by atoms with E-state index in [1.54, 1.807) is 0 Å². The zero-order chi connectivity index (χ0) is 41.2. The largest absolute Gasteiger partial charge is 0.462 e. The highest BCUT2D eigenvalue weighted by molar-refractivity contribution is 5.71. The third kappa shape index (κ3) is 40.6. The molecular weight excluding hydrogens is 697 g/mol. The van der Waals surface area contributed by atoms with Gasteiger partial charge in [-0.2, -0.15) is 0 Å². The van der Waals surface area contributed by atoms with E-state index in [0.717, 1.165) is 69.6 Å². The molecule has 0 aromatic rings. The van der Waals surface area contributed by atoms with Crippen LogP contribution in [0.4, 0.5) is 0 Å². The fraction of sp³-hybridized carbons (Fsp3) is 0.940. The zero-order valence-corrected chi connectivity index (χ0v) is 38.3. The molecule has 6 heteroatoms. The Morgan fingerprint density at radius 1 is 0.357 bits per heavy atom. The van der Waals surface area contributed by atoms with Gasteiger partial charge in [-0.3, -0.25) is 14.4 Å². The van der Waals surface area contributed by atoms with Crippen LogP contribution in [0.25, 0.3) is 0 Å². The van der Waals surface area contributed by atoms with Crippen LogP contribution in [0.5, 0.6) is 0 Å². The second-order valence-electron chi connectivity index (χ2n) is 17.6. The Kier molecular flexibility index (Phi) is 41.8. The highest BCUT2D eigenvalue weighted by atomic mass is 16.6. The van der Waals surface area contributed by atoms with Gasteiger partial charge in [0.25, 0.3) is 0 Å². The number of hydrogen-bond donors (Lipinski definition) is 0. The van der Waals surface area contributed by atoms with E-state index in [1.807, 2.05) is 0 Å². The SMILES string of the molecule is CCCCCCCCCCCCCCCCCCC(=O)OC[C@@H](COC(=O)CCCCCCCCCCC(C)CC)OC(=O)CCCCCCCCC(C)CC. The first-order valence-electron chi connectivity index (χ1n) is 24.8. The molecule has 0 rings (SSSR count). The molecule has 0 fully saturated rings. The molecular formula is C50H96O6. The van der Waals surface area contributed by atoms with Crippen LogP contribution >= 0.6 is 0 Å². The lowest BCUT2D eigenvalue weighted by Gasteiger charge is -2.18. The number of unbranched alkanes of at least 4 members (excludes halogenated alkanes) is 27. The van der Waals surface area contributed by atoms with Gasteiger partial charge in [0.05, 0.1) is 0 Å². The summed E-state index contributed by atoms with van der Waals surface area (Å²) in [6.07, 6.45) is 42.3. The van der Waals surface area contributed by atoms with Crippen LogP contribution < -0.4 is 0 Å². The van der Waals surface area contributed by atoms with Gasteiger partial charge in [-0.05, 0) is 31.1 Å². The molecule has 0 saturated heterocycles. The number of rotatable bonds is 44. The van der Waals surface area contributed by atoms with E-state index in [0.29, 0.717) is 19.3 Å². The predicted molar refractivity (Wildman–Crippen MR) is 238 cm³/mol. The Morgan fingerprint density at radius 2 is 0.625 bits per heavy atom. The molecule has 0 aliphatic rings. The summed E-state index contributed by atoms with van der Waals surface area (Å²) in [6.45, 7) is 11.3. The van der Waals surface area contributed by atoms with E-state index in [1.165, 1.54) is 161 Å². The molecule has 3 atom stereocenters. The van der Waals surface area contributed by atoms with Crippen molar-refractivity contribution in [3.05, 3.63) is 0 Å². The van der Waals surface area contributed by atoms with Crippen LogP contribution in [-0.4, -0.2) is 37.2 Å². The lowest BCUT2D eigenvalue weighted by atomic mass is 9.99. The van der Waals surface area contributed by atoms with Crippen LogP contribution in [0.2, 0.25) is 0 Å². The van der Waals surface area contributed by atoms with E-state index >= 15 is 0 Å². The monoisotopic (exact) mass is 793 g/mol. The van der Waals surface area contributed by atoms with Crippen molar-refractivity contribution < 1.29 is 28.6 Å². The van der Waals surface area contributed by atoms with Gasteiger partial charge in [0, 0.05) is 19.3 Å². The maximum Gasteiger partial charge on any atom is 0.306 e. The van der Waals surface area contributed by atoms with Gasteiger partial charge in [0.1, 0.15) is 13.2 Å². The summed E-state index contributed by atoms with van der Waals surface area (Å²) in [6, 6.07) is 0. The van der Waals surface area contributed by atoms with Gasteiger partial charge in [-0.1, -0.05) is 234 Å². The standard InChI is InChI=1S/C50H96O6/c1-6-9-10-11-12-13-14-15-16-17-18-19-20-24-30-35-40-48(51)54-43-47(56-50(53)42-37-32-27-26-29-34-39-46(5)8-3)44-55-49(52)41-36-31-25-22-21-23-28-33-38-45(4)7-2/h45-47H,6-44H2,1-5H3/t45?,46?,47-/m0/s1. The highest BCUT2D eigenvalue weighted by Gasteiger charge is 2.19. The molecule has 0 spiro atoms. The van der Waals surface area contributed by atoms with Gasteiger partial charge in [0.2, 0.25) is 0 Å². The summed E-state index contributed by atoms with van der Waals surface area (Å²) in [5.74, 6) is 0.801. The van der Waals surface area contributed by atoms with E-state index in [2.05, 4.69) is 34.6 Å². The van der Waals surface area contributed by atoms with Crippen molar-refractivity contribution in [3.63, 3.8) is 0 Å². The van der Waals surface area contributed by atoms with Gasteiger partial charge >= 0.3 is 17.9 Å². The number of esters is 3. The zero-order valence-electron chi connectivity index (χ0n) is 38.3.